The number of amides is 2. The summed E-state index contributed by atoms with van der Waals surface area (Å²) in [4.78, 5) is 11.7. The Balaban J connectivity index is 2.57. The van der Waals surface area contributed by atoms with Crippen LogP contribution in [-0.4, -0.2) is 38.9 Å². The first-order valence-electron chi connectivity index (χ1n) is 7.08. The first kappa shape index (κ1) is 20.1. The van der Waals surface area contributed by atoms with Crippen LogP contribution in [-0.2, 0) is 9.84 Å². The fourth-order valence-electron chi connectivity index (χ4n) is 1.86. The Morgan fingerprint density at radius 3 is 2.46 bits per heavy atom. The van der Waals surface area contributed by atoms with E-state index in [9.17, 15) is 26.4 Å². The van der Waals surface area contributed by atoms with Gasteiger partial charge in [0.05, 0.1) is 17.2 Å². The Hall–Kier alpha value is -1.97. The summed E-state index contributed by atoms with van der Waals surface area (Å²) in [6.07, 6.45) is -4.89. The fourth-order valence-corrected chi connectivity index (χ4v) is 3.46. The number of hydrogen-bond donors (Lipinski definition) is 2. The number of nitrogens with one attached hydrogen (secondary N) is 2. The van der Waals surface area contributed by atoms with Gasteiger partial charge in [0, 0.05) is 6.54 Å². The number of sulfone groups is 1. The summed E-state index contributed by atoms with van der Waals surface area (Å²) in [5, 5.41) is 4.47. The molecule has 0 aliphatic carbocycles. The lowest BCUT2D eigenvalue weighted by Gasteiger charge is -2.14. The predicted molar refractivity (Wildman–Crippen MR) is 83.6 cm³/mol. The number of ether oxygens (including phenoxy) is 1. The van der Waals surface area contributed by atoms with Crippen LogP contribution in [0.1, 0.15) is 13.8 Å². The van der Waals surface area contributed by atoms with E-state index in [1.54, 1.807) is 13.8 Å². The maximum absolute atomic E-state index is 12.3. The molecule has 1 aromatic carbocycles. The van der Waals surface area contributed by atoms with Crippen LogP contribution in [0.2, 0.25) is 0 Å². The minimum atomic E-state index is -4.89. The molecule has 136 valence electrons. The minimum Gasteiger partial charge on any atom is -0.404 e. The number of anilines is 1. The Labute approximate surface area is 138 Å². The summed E-state index contributed by atoms with van der Waals surface area (Å²) >= 11 is 0. The van der Waals surface area contributed by atoms with Gasteiger partial charge in [0.1, 0.15) is 0 Å². The molecule has 0 saturated carbocycles. The van der Waals surface area contributed by atoms with Gasteiger partial charge >= 0.3 is 12.4 Å². The molecule has 0 aliphatic rings. The van der Waals surface area contributed by atoms with E-state index >= 15 is 0 Å². The van der Waals surface area contributed by atoms with Crippen LogP contribution < -0.4 is 15.4 Å². The molecule has 0 fully saturated rings. The van der Waals surface area contributed by atoms with E-state index in [0.717, 1.165) is 6.07 Å². The van der Waals surface area contributed by atoms with Gasteiger partial charge in [-0.3, -0.25) is 0 Å². The molecule has 6 nitrogen and oxygen atoms in total. The molecular formula is C14H19F3N2O4S. The highest BCUT2D eigenvalue weighted by atomic mass is 32.2. The molecule has 2 amide bonds. The maximum atomic E-state index is 12.3. The van der Waals surface area contributed by atoms with Gasteiger partial charge in [0.2, 0.25) is 0 Å². The van der Waals surface area contributed by atoms with Crippen LogP contribution in [0.3, 0.4) is 0 Å². The maximum Gasteiger partial charge on any atom is 0.573 e. The molecular weight excluding hydrogens is 349 g/mol. The van der Waals surface area contributed by atoms with E-state index in [0.29, 0.717) is 0 Å². The number of benzene rings is 1. The van der Waals surface area contributed by atoms with Crippen molar-refractivity contribution < 1.29 is 31.1 Å². The van der Waals surface area contributed by atoms with Crippen LogP contribution in [0.25, 0.3) is 0 Å². The lowest BCUT2D eigenvalue weighted by molar-refractivity contribution is -0.274. The van der Waals surface area contributed by atoms with E-state index in [4.69, 9.17) is 0 Å². The van der Waals surface area contributed by atoms with Gasteiger partial charge in [0.25, 0.3) is 0 Å². The highest BCUT2D eigenvalue weighted by Gasteiger charge is 2.32. The van der Waals surface area contributed by atoms with Crippen molar-refractivity contribution in [1.29, 1.82) is 0 Å². The molecule has 0 bridgehead atoms. The molecule has 0 heterocycles. The van der Waals surface area contributed by atoms with E-state index in [-0.39, 0.29) is 29.7 Å². The standard InChI is InChI=1S/C14H19F3N2O4S/c1-10(2)9-24(21,22)8-7-18-13(20)19-11-5-3-4-6-12(11)23-14(15,16)17/h3-6,10H,7-9H2,1-2H3,(H2,18,19,20). The largest absolute Gasteiger partial charge is 0.573 e. The van der Waals surface area contributed by atoms with E-state index in [1.807, 2.05) is 0 Å². The zero-order valence-electron chi connectivity index (χ0n) is 13.2. The SMILES string of the molecule is CC(C)CS(=O)(=O)CCNC(=O)Nc1ccccc1OC(F)(F)F. The van der Waals surface area contributed by atoms with Gasteiger partial charge in [-0.25, -0.2) is 13.2 Å². The van der Waals surface area contributed by atoms with Crippen LogP contribution in [0.15, 0.2) is 24.3 Å². The fraction of sp³-hybridized carbons (Fsp3) is 0.500. The van der Waals surface area contributed by atoms with Crippen molar-refractivity contribution in [2.75, 3.05) is 23.4 Å². The summed E-state index contributed by atoms with van der Waals surface area (Å²) in [5.41, 5.74) is -0.183. The van der Waals surface area contributed by atoms with Crippen LogP contribution in [0.4, 0.5) is 23.7 Å². The van der Waals surface area contributed by atoms with Crippen molar-refractivity contribution in [1.82, 2.24) is 5.32 Å². The number of para-hydroxylation sites is 2. The van der Waals surface area contributed by atoms with Crippen molar-refractivity contribution in [3.05, 3.63) is 24.3 Å². The molecule has 0 aromatic heterocycles. The normalized spacial score (nSPS) is 12.1. The van der Waals surface area contributed by atoms with Crippen molar-refractivity contribution >= 4 is 21.6 Å². The van der Waals surface area contributed by atoms with Crippen molar-refractivity contribution in [2.45, 2.75) is 20.2 Å². The number of rotatable bonds is 7. The number of halogens is 3. The van der Waals surface area contributed by atoms with Crippen LogP contribution in [0.5, 0.6) is 5.75 Å². The summed E-state index contributed by atoms with van der Waals surface area (Å²) in [7, 11) is -3.30. The van der Waals surface area contributed by atoms with E-state index in [1.165, 1.54) is 18.2 Å². The first-order chi connectivity index (χ1) is 11.0. The molecule has 24 heavy (non-hydrogen) atoms. The second kappa shape index (κ2) is 8.22. The van der Waals surface area contributed by atoms with E-state index in [2.05, 4.69) is 15.4 Å². The van der Waals surface area contributed by atoms with E-state index < -0.39 is 28.0 Å². The molecule has 1 aromatic rings. The van der Waals surface area contributed by atoms with Gasteiger partial charge in [-0.15, -0.1) is 13.2 Å². The lowest BCUT2D eigenvalue weighted by Crippen LogP contribution is -2.34. The van der Waals surface area contributed by atoms with Gasteiger partial charge in [0.15, 0.2) is 15.6 Å². The second-order valence-corrected chi connectivity index (χ2v) is 7.66. The third-order valence-corrected chi connectivity index (χ3v) is 4.65. The molecule has 0 spiro atoms. The van der Waals surface area contributed by atoms with Gasteiger partial charge < -0.3 is 15.4 Å². The quantitative estimate of drug-likeness (QED) is 0.775. The van der Waals surface area contributed by atoms with Crippen molar-refractivity contribution in [3.8, 4) is 5.75 Å². The lowest BCUT2D eigenvalue weighted by atomic mass is 10.3. The van der Waals surface area contributed by atoms with Gasteiger partial charge in [-0.05, 0) is 18.1 Å². The second-order valence-electron chi connectivity index (χ2n) is 5.43. The average molecular weight is 368 g/mol. The molecule has 0 unspecified atom stereocenters. The average Bonchev–Trinajstić information content (AvgIpc) is 2.37. The number of urea groups is 1. The summed E-state index contributed by atoms with van der Waals surface area (Å²) in [6.45, 7) is 3.37. The molecule has 0 radical (unpaired) electrons. The monoisotopic (exact) mass is 368 g/mol. The molecule has 0 atom stereocenters. The topological polar surface area (TPSA) is 84.5 Å². The van der Waals surface area contributed by atoms with Crippen molar-refractivity contribution in [3.63, 3.8) is 0 Å². The smallest absolute Gasteiger partial charge is 0.404 e. The van der Waals surface area contributed by atoms with Crippen LogP contribution >= 0.6 is 0 Å². The van der Waals surface area contributed by atoms with Crippen LogP contribution in [0, 0.1) is 5.92 Å². The van der Waals surface area contributed by atoms with Gasteiger partial charge in [-0.2, -0.15) is 0 Å². The number of carbonyl (C=O) groups excluding carboxylic acids is 1. The number of alkyl halides is 3. The summed E-state index contributed by atoms with van der Waals surface area (Å²) < 4.78 is 64.0. The molecule has 10 heteroatoms. The van der Waals surface area contributed by atoms with Gasteiger partial charge in [-0.1, -0.05) is 26.0 Å². The molecule has 1 rings (SSSR count). The predicted octanol–water partition coefficient (Wildman–Crippen LogP) is 2.78. The van der Waals surface area contributed by atoms with Crippen molar-refractivity contribution in [2.24, 2.45) is 5.92 Å². The highest BCUT2D eigenvalue weighted by molar-refractivity contribution is 7.91. The Kier molecular flexibility index (Phi) is 6.88. The third kappa shape index (κ3) is 8.04. The highest BCUT2D eigenvalue weighted by Crippen LogP contribution is 2.29. The third-order valence-electron chi connectivity index (χ3n) is 2.65. The number of carbonyl (C=O) groups is 1. The zero-order chi connectivity index (χ0) is 18.4. The Morgan fingerprint density at radius 1 is 1.25 bits per heavy atom. The summed E-state index contributed by atoms with van der Waals surface area (Å²) in [5.74, 6) is -0.847. The Bertz CT molecular complexity index is 660. The molecule has 0 aliphatic heterocycles. The first-order valence-corrected chi connectivity index (χ1v) is 8.91. The molecule has 2 N–H and O–H groups in total. The Morgan fingerprint density at radius 2 is 1.88 bits per heavy atom. The minimum absolute atomic E-state index is 0.00143. The number of hydrogen-bond acceptors (Lipinski definition) is 4. The zero-order valence-corrected chi connectivity index (χ0v) is 14.0. The molecule has 0 saturated heterocycles. The summed E-state index contributed by atoms with van der Waals surface area (Å²) in [6, 6.07) is 4.20.